The highest BCUT2D eigenvalue weighted by Crippen LogP contribution is 2.48. The summed E-state index contributed by atoms with van der Waals surface area (Å²) in [5, 5.41) is 0. The van der Waals surface area contributed by atoms with E-state index < -0.39 is 0 Å². The molecule has 1 aliphatic rings. The quantitative estimate of drug-likeness (QED) is 0.587. The van der Waals surface area contributed by atoms with Crippen LogP contribution in [0.15, 0.2) is 42.5 Å². The summed E-state index contributed by atoms with van der Waals surface area (Å²) in [4.78, 5) is 0. The fraction of sp³-hybridized carbons (Fsp3) is 0.176. The minimum Gasteiger partial charge on any atom is -0.115 e. The average molecular weight is 218 g/mol. The minimum absolute atomic E-state index is 0.0544. The molecule has 0 heterocycles. The Hall–Kier alpha value is -2.00. The van der Waals surface area contributed by atoms with Gasteiger partial charge in [-0.3, -0.25) is 0 Å². The summed E-state index contributed by atoms with van der Waals surface area (Å²) in [6.45, 7) is 4.52. The third-order valence-electron chi connectivity index (χ3n) is 3.75. The Morgan fingerprint density at radius 1 is 0.941 bits per heavy atom. The molecule has 0 fully saturated rings. The van der Waals surface area contributed by atoms with Gasteiger partial charge in [-0.15, -0.1) is 6.42 Å². The van der Waals surface area contributed by atoms with Gasteiger partial charge in [0.05, 0.1) is 0 Å². The monoisotopic (exact) mass is 218 g/mol. The Balaban J connectivity index is 2.36. The summed E-state index contributed by atoms with van der Waals surface area (Å²) in [7, 11) is 0. The van der Waals surface area contributed by atoms with Crippen LogP contribution in [-0.2, 0) is 5.41 Å². The number of hydrogen-bond acceptors (Lipinski definition) is 0. The summed E-state index contributed by atoms with van der Waals surface area (Å²) in [5.74, 6) is 2.72. The zero-order valence-corrected chi connectivity index (χ0v) is 10.1. The third kappa shape index (κ3) is 1.26. The lowest BCUT2D eigenvalue weighted by atomic mass is 9.82. The van der Waals surface area contributed by atoms with Crippen molar-refractivity contribution in [3.63, 3.8) is 0 Å². The highest BCUT2D eigenvalue weighted by Gasteiger charge is 2.34. The molecule has 0 amide bonds. The largest absolute Gasteiger partial charge is 0.115 e. The van der Waals surface area contributed by atoms with Crippen molar-refractivity contribution in [2.45, 2.75) is 19.3 Å². The Morgan fingerprint density at radius 2 is 1.65 bits per heavy atom. The van der Waals surface area contributed by atoms with Gasteiger partial charge in [0, 0.05) is 11.0 Å². The van der Waals surface area contributed by atoms with E-state index in [9.17, 15) is 0 Å². The molecular formula is C17H14. The number of rotatable bonds is 0. The molecule has 2 aromatic carbocycles. The number of terminal acetylenes is 1. The lowest BCUT2D eigenvalue weighted by molar-refractivity contribution is 0.660. The van der Waals surface area contributed by atoms with Crippen LogP contribution in [0.5, 0.6) is 0 Å². The van der Waals surface area contributed by atoms with E-state index in [-0.39, 0.29) is 5.41 Å². The molecule has 3 rings (SSSR count). The first-order valence-corrected chi connectivity index (χ1v) is 5.85. The molecule has 2 aromatic rings. The highest BCUT2D eigenvalue weighted by molar-refractivity contribution is 5.81. The Morgan fingerprint density at radius 3 is 2.41 bits per heavy atom. The van der Waals surface area contributed by atoms with Crippen LogP contribution in [0.4, 0.5) is 0 Å². The van der Waals surface area contributed by atoms with Crippen LogP contribution in [0.1, 0.15) is 30.5 Å². The molecule has 0 heteroatoms. The maximum Gasteiger partial charge on any atom is 0.0246 e. The first kappa shape index (κ1) is 10.2. The second-order valence-electron chi connectivity index (χ2n) is 5.08. The molecule has 0 saturated carbocycles. The first-order valence-electron chi connectivity index (χ1n) is 5.85. The van der Waals surface area contributed by atoms with E-state index in [0.29, 0.717) is 0 Å². The van der Waals surface area contributed by atoms with Gasteiger partial charge in [-0.2, -0.15) is 0 Å². The minimum atomic E-state index is 0.0544. The molecule has 0 nitrogen and oxygen atoms in total. The lowest BCUT2D eigenvalue weighted by Crippen LogP contribution is -2.14. The fourth-order valence-corrected chi connectivity index (χ4v) is 2.79. The molecule has 0 aromatic heterocycles. The molecule has 0 bridgehead atoms. The maximum absolute atomic E-state index is 5.49. The Bertz CT molecular complexity index is 639. The molecule has 1 aliphatic carbocycles. The fourth-order valence-electron chi connectivity index (χ4n) is 2.79. The smallest absolute Gasteiger partial charge is 0.0246 e. The predicted octanol–water partition coefficient (Wildman–Crippen LogP) is 3.97. The van der Waals surface area contributed by atoms with Crippen LogP contribution >= 0.6 is 0 Å². The van der Waals surface area contributed by atoms with Crippen molar-refractivity contribution in [3.05, 3.63) is 59.2 Å². The van der Waals surface area contributed by atoms with E-state index in [1.807, 2.05) is 6.07 Å². The molecule has 0 radical (unpaired) electrons. The van der Waals surface area contributed by atoms with Crippen molar-refractivity contribution in [3.8, 4) is 23.5 Å². The number of fused-ring (bicyclic) bond motifs is 3. The van der Waals surface area contributed by atoms with Gasteiger partial charge < -0.3 is 0 Å². The number of benzene rings is 2. The van der Waals surface area contributed by atoms with Gasteiger partial charge in [0.25, 0.3) is 0 Å². The maximum atomic E-state index is 5.49. The van der Waals surface area contributed by atoms with E-state index in [1.165, 1.54) is 22.3 Å². The summed E-state index contributed by atoms with van der Waals surface area (Å²) < 4.78 is 0. The highest BCUT2D eigenvalue weighted by atomic mass is 14.4. The third-order valence-corrected chi connectivity index (χ3v) is 3.75. The average Bonchev–Trinajstić information content (AvgIpc) is 2.59. The van der Waals surface area contributed by atoms with Crippen LogP contribution in [-0.4, -0.2) is 0 Å². The van der Waals surface area contributed by atoms with Crippen molar-refractivity contribution in [1.29, 1.82) is 0 Å². The van der Waals surface area contributed by atoms with Gasteiger partial charge in [-0.25, -0.2) is 0 Å². The zero-order valence-electron chi connectivity index (χ0n) is 10.1. The molecular weight excluding hydrogens is 204 g/mol. The predicted molar refractivity (Wildman–Crippen MR) is 71.9 cm³/mol. The molecule has 0 unspecified atom stereocenters. The number of hydrogen-bond donors (Lipinski definition) is 0. The Labute approximate surface area is 102 Å². The normalized spacial score (nSPS) is 14.9. The van der Waals surface area contributed by atoms with Gasteiger partial charge in [0.2, 0.25) is 0 Å². The molecule has 0 aliphatic heterocycles. The molecule has 0 saturated heterocycles. The van der Waals surface area contributed by atoms with E-state index in [2.05, 4.69) is 56.2 Å². The molecule has 82 valence electrons. The van der Waals surface area contributed by atoms with Crippen LogP contribution in [0.2, 0.25) is 0 Å². The van der Waals surface area contributed by atoms with Crippen molar-refractivity contribution >= 4 is 0 Å². The van der Waals surface area contributed by atoms with Crippen molar-refractivity contribution in [2.75, 3.05) is 0 Å². The van der Waals surface area contributed by atoms with Crippen molar-refractivity contribution in [1.82, 2.24) is 0 Å². The van der Waals surface area contributed by atoms with Crippen LogP contribution in [0.25, 0.3) is 11.1 Å². The van der Waals surface area contributed by atoms with E-state index >= 15 is 0 Å². The second-order valence-corrected chi connectivity index (χ2v) is 5.08. The molecule has 0 atom stereocenters. The summed E-state index contributed by atoms with van der Waals surface area (Å²) in [6.07, 6.45) is 5.49. The van der Waals surface area contributed by atoms with E-state index in [4.69, 9.17) is 6.42 Å². The van der Waals surface area contributed by atoms with Crippen LogP contribution < -0.4 is 0 Å². The Kier molecular flexibility index (Phi) is 1.94. The van der Waals surface area contributed by atoms with E-state index in [0.717, 1.165) is 5.56 Å². The van der Waals surface area contributed by atoms with Gasteiger partial charge in [-0.1, -0.05) is 50.1 Å². The second kappa shape index (κ2) is 3.25. The topological polar surface area (TPSA) is 0 Å². The summed E-state index contributed by atoms with van der Waals surface area (Å²) in [6, 6.07) is 14.9. The molecule has 0 N–H and O–H groups in total. The van der Waals surface area contributed by atoms with E-state index in [1.54, 1.807) is 0 Å². The molecule has 17 heavy (non-hydrogen) atoms. The zero-order chi connectivity index (χ0) is 12.0. The lowest BCUT2D eigenvalue weighted by Gasteiger charge is -2.21. The van der Waals surface area contributed by atoms with Crippen LogP contribution in [0.3, 0.4) is 0 Å². The van der Waals surface area contributed by atoms with Crippen molar-refractivity contribution < 1.29 is 0 Å². The summed E-state index contributed by atoms with van der Waals surface area (Å²) >= 11 is 0. The standard InChI is InChI=1S/C17H14/c1-4-12-9-10-14-13-7-5-6-8-15(13)17(2,3)16(14)11-12/h1,5-11H,2-3H3. The van der Waals surface area contributed by atoms with Gasteiger partial charge in [0.15, 0.2) is 0 Å². The summed E-state index contributed by atoms with van der Waals surface area (Å²) in [5.41, 5.74) is 6.42. The molecule has 0 spiro atoms. The van der Waals surface area contributed by atoms with Crippen LogP contribution in [0, 0.1) is 12.3 Å². The van der Waals surface area contributed by atoms with Gasteiger partial charge in [-0.05, 0) is 34.4 Å². The van der Waals surface area contributed by atoms with Crippen molar-refractivity contribution in [2.24, 2.45) is 0 Å². The SMILES string of the molecule is C#Cc1ccc2c(c1)C(C)(C)c1ccccc1-2. The van der Waals surface area contributed by atoms with Gasteiger partial charge in [0.1, 0.15) is 0 Å². The van der Waals surface area contributed by atoms with Gasteiger partial charge >= 0.3 is 0 Å². The first-order chi connectivity index (χ1) is 8.14.